The number of carbonyl (C=O) groups excluding carboxylic acids is 1. The molecule has 4 heterocycles. The van der Waals surface area contributed by atoms with Crippen LogP contribution in [0.1, 0.15) is 85.2 Å². The van der Waals surface area contributed by atoms with Crippen LogP contribution >= 0.6 is 0 Å². The summed E-state index contributed by atoms with van der Waals surface area (Å²) in [7, 11) is 2.12. The van der Waals surface area contributed by atoms with Crippen molar-refractivity contribution in [2.75, 3.05) is 33.2 Å². The number of carbonyl (C=O) groups is 1. The zero-order valence-corrected chi connectivity index (χ0v) is 25.2. The highest BCUT2D eigenvalue weighted by atomic mass is 16.3. The monoisotopic (exact) mass is 572 g/mol. The van der Waals surface area contributed by atoms with Crippen LogP contribution in [0.4, 0.5) is 0 Å². The number of H-pyrrole nitrogens is 1. The van der Waals surface area contributed by atoms with Crippen molar-refractivity contribution in [2.45, 2.75) is 77.6 Å². The number of nitrogens with zero attached hydrogens (tertiary/aromatic N) is 4. The highest BCUT2D eigenvalue weighted by Gasteiger charge is 2.29. The van der Waals surface area contributed by atoms with E-state index in [1.807, 2.05) is 31.0 Å². The van der Waals surface area contributed by atoms with Gasteiger partial charge >= 0.3 is 0 Å². The highest BCUT2D eigenvalue weighted by Crippen LogP contribution is 2.36. The first-order chi connectivity index (χ1) is 20.3. The number of aromatic nitrogens is 3. The van der Waals surface area contributed by atoms with Crippen LogP contribution in [0.3, 0.4) is 0 Å². The van der Waals surface area contributed by atoms with Gasteiger partial charge in [0.15, 0.2) is 0 Å². The van der Waals surface area contributed by atoms with Gasteiger partial charge in [0.1, 0.15) is 6.23 Å². The minimum absolute atomic E-state index is 0.130. The average Bonchev–Trinajstić information content (AvgIpc) is 3.66. The molecule has 1 aliphatic carbocycles. The Labute approximate surface area is 247 Å². The Kier molecular flexibility index (Phi) is 8.34. The lowest BCUT2D eigenvalue weighted by Gasteiger charge is -2.34. The van der Waals surface area contributed by atoms with Crippen molar-refractivity contribution in [3.8, 4) is 0 Å². The number of rotatable bonds is 7. The maximum absolute atomic E-state index is 13.2. The molecule has 3 aromatic rings. The maximum atomic E-state index is 13.2. The number of aliphatic hydroxyl groups is 1. The molecule has 0 bridgehead atoms. The van der Waals surface area contributed by atoms with E-state index in [1.54, 1.807) is 0 Å². The van der Waals surface area contributed by atoms with Crippen LogP contribution in [0.15, 0.2) is 35.3 Å². The lowest BCUT2D eigenvalue weighted by Crippen LogP contribution is -2.43. The van der Waals surface area contributed by atoms with E-state index in [0.717, 1.165) is 78.5 Å². The first-order valence-corrected chi connectivity index (χ1v) is 15.6. The average molecular weight is 573 g/mol. The number of hydrogen-bond acceptors (Lipinski definition) is 6. The number of aliphatic hydroxyl groups excluding tert-OH is 1. The fraction of sp³-hybridized carbons (Fsp3) is 0.545. The van der Waals surface area contributed by atoms with Crippen LogP contribution in [-0.4, -0.2) is 68.8 Å². The lowest BCUT2D eigenvalue weighted by atomic mass is 9.92. The summed E-state index contributed by atoms with van der Waals surface area (Å²) in [6.45, 7) is 7.34. The van der Waals surface area contributed by atoms with Crippen molar-refractivity contribution in [3.05, 3.63) is 68.8 Å². The molecule has 3 aliphatic rings. The molecule has 9 heteroatoms. The molecule has 1 saturated carbocycles. The van der Waals surface area contributed by atoms with Gasteiger partial charge in [0.2, 0.25) is 5.91 Å². The van der Waals surface area contributed by atoms with E-state index in [0.29, 0.717) is 24.7 Å². The summed E-state index contributed by atoms with van der Waals surface area (Å²) in [4.78, 5) is 33.0. The van der Waals surface area contributed by atoms with Crippen LogP contribution in [0.5, 0.6) is 0 Å². The summed E-state index contributed by atoms with van der Waals surface area (Å²) < 4.78 is 2.15. The summed E-state index contributed by atoms with van der Waals surface area (Å²) >= 11 is 0. The second-order valence-corrected chi connectivity index (χ2v) is 12.6. The zero-order chi connectivity index (χ0) is 29.4. The van der Waals surface area contributed by atoms with Gasteiger partial charge in [-0.25, -0.2) is 0 Å². The number of aryl methyl sites for hydroxylation is 2. The number of hydrogen-bond donors (Lipinski definition) is 3. The zero-order valence-electron chi connectivity index (χ0n) is 25.2. The van der Waals surface area contributed by atoms with Crippen molar-refractivity contribution < 1.29 is 9.90 Å². The number of pyridine rings is 1. The fourth-order valence-electron chi connectivity index (χ4n) is 7.08. The molecule has 3 N–H and O–H groups in total. The van der Waals surface area contributed by atoms with Crippen LogP contribution in [0.2, 0.25) is 0 Å². The summed E-state index contributed by atoms with van der Waals surface area (Å²) in [5, 5.41) is 20.4. The smallest absolute Gasteiger partial charge is 0.252 e. The highest BCUT2D eigenvalue weighted by molar-refractivity contribution is 5.88. The Morgan fingerprint density at radius 3 is 2.57 bits per heavy atom. The fourth-order valence-corrected chi connectivity index (χ4v) is 7.08. The predicted molar refractivity (Wildman–Crippen MR) is 165 cm³/mol. The van der Waals surface area contributed by atoms with Gasteiger partial charge in [-0.1, -0.05) is 18.9 Å². The molecule has 1 unspecified atom stereocenters. The summed E-state index contributed by atoms with van der Waals surface area (Å²) in [5.74, 6) is 0.417. The molecular formula is C33H44N6O3. The molecular weight excluding hydrogens is 528 g/mol. The molecule has 224 valence electrons. The summed E-state index contributed by atoms with van der Waals surface area (Å²) in [6.07, 6.45) is 10.4. The van der Waals surface area contributed by atoms with Gasteiger partial charge in [-0.15, -0.1) is 0 Å². The molecule has 1 aromatic carbocycles. The molecule has 6 rings (SSSR count). The molecule has 2 aromatic heterocycles. The van der Waals surface area contributed by atoms with Gasteiger partial charge in [0, 0.05) is 47.8 Å². The van der Waals surface area contributed by atoms with Gasteiger partial charge in [-0.2, -0.15) is 5.10 Å². The Hall–Kier alpha value is -3.27. The SMILES string of the molecule is Cc1cc(C)c(CNC(O)c2cc(C3=CCN(C(=O)C4CCN(C)CC4)CC3)cc3c2cnn3C2CCCC2)c(=O)[nH]1. The molecule has 9 nitrogen and oxygen atoms in total. The lowest BCUT2D eigenvalue weighted by molar-refractivity contribution is -0.136. The Morgan fingerprint density at radius 2 is 1.88 bits per heavy atom. The molecule has 2 fully saturated rings. The van der Waals surface area contributed by atoms with Gasteiger partial charge in [0.25, 0.3) is 5.56 Å². The van der Waals surface area contributed by atoms with E-state index < -0.39 is 6.23 Å². The second-order valence-electron chi connectivity index (χ2n) is 12.6. The van der Waals surface area contributed by atoms with Crippen molar-refractivity contribution in [1.29, 1.82) is 0 Å². The molecule has 42 heavy (non-hydrogen) atoms. The minimum Gasteiger partial charge on any atom is -0.374 e. The van der Waals surface area contributed by atoms with E-state index in [-0.39, 0.29) is 23.9 Å². The van der Waals surface area contributed by atoms with E-state index >= 15 is 0 Å². The van der Waals surface area contributed by atoms with E-state index in [4.69, 9.17) is 5.10 Å². The van der Waals surface area contributed by atoms with Crippen LogP contribution in [-0.2, 0) is 11.3 Å². The Balaban J connectivity index is 1.27. The molecule has 1 saturated heterocycles. The standard InChI is InChI=1S/C33H44N6O3/c1-21-16-22(2)36-32(41)28(21)19-34-31(40)27-17-25(18-30-29(27)20-35-39(30)26-6-4-5-7-26)23-10-14-38(15-11-23)33(42)24-8-12-37(3)13-9-24/h10,16-18,20,24,26,31,34,40H,4-9,11-15,19H2,1-3H3,(H,36,41). The van der Waals surface area contributed by atoms with Crippen LogP contribution in [0, 0.1) is 19.8 Å². The van der Waals surface area contributed by atoms with Crippen molar-refractivity contribution in [1.82, 2.24) is 29.9 Å². The molecule has 0 spiro atoms. The largest absolute Gasteiger partial charge is 0.374 e. The molecule has 0 radical (unpaired) electrons. The topological polar surface area (TPSA) is 106 Å². The number of likely N-dealkylation sites (tertiary alicyclic amines) is 1. The van der Waals surface area contributed by atoms with Crippen LogP contribution in [0.25, 0.3) is 16.5 Å². The first-order valence-electron chi connectivity index (χ1n) is 15.6. The molecule has 1 amide bonds. The van der Waals surface area contributed by atoms with Gasteiger partial charge in [-0.3, -0.25) is 19.6 Å². The Bertz CT molecular complexity index is 1540. The number of fused-ring (bicyclic) bond motifs is 1. The van der Waals surface area contributed by atoms with Crippen molar-refractivity contribution >= 4 is 22.4 Å². The molecule has 2 aliphatic heterocycles. The van der Waals surface area contributed by atoms with E-state index in [9.17, 15) is 14.7 Å². The quantitative estimate of drug-likeness (QED) is 0.367. The van der Waals surface area contributed by atoms with Crippen molar-refractivity contribution in [3.63, 3.8) is 0 Å². The third-order valence-electron chi connectivity index (χ3n) is 9.64. The normalized spacial score (nSPS) is 19.9. The first kappa shape index (κ1) is 28.8. The number of benzene rings is 1. The summed E-state index contributed by atoms with van der Waals surface area (Å²) in [5.41, 5.74) is 6.27. The summed E-state index contributed by atoms with van der Waals surface area (Å²) in [6, 6.07) is 6.59. The minimum atomic E-state index is -0.972. The second kappa shape index (κ2) is 12.1. The number of nitrogens with one attached hydrogen (secondary N) is 2. The van der Waals surface area contributed by atoms with Crippen LogP contribution < -0.4 is 10.9 Å². The maximum Gasteiger partial charge on any atom is 0.252 e. The Morgan fingerprint density at radius 1 is 1.12 bits per heavy atom. The van der Waals surface area contributed by atoms with Gasteiger partial charge < -0.3 is 19.9 Å². The third kappa shape index (κ3) is 5.82. The number of amides is 1. The van der Waals surface area contributed by atoms with Gasteiger partial charge in [-0.05, 0) is 101 Å². The third-order valence-corrected chi connectivity index (χ3v) is 9.64. The number of aromatic amines is 1. The van der Waals surface area contributed by atoms with E-state index in [1.165, 1.54) is 18.4 Å². The predicted octanol–water partition coefficient (Wildman–Crippen LogP) is 4.19. The van der Waals surface area contributed by atoms with Crippen molar-refractivity contribution in [2.24, 2.45) is 5.92 Å². The van der Waals surface area contributed by atoms with Gasteiger partial charge in [0.05, 0.1) is 17.8 Å². The van der Waals surface area contributed by atoms with E-state index in [2.05, 4.69) is 45.1 Å². The number of piperidine rings is 1. The molecule has 1 atom stereocenters.